The molecule has 2 aliphatic heterocycles. The van der Waals surface area contributed by atoms with Gasteiger partial charge >= 0.3 is 6.18 Å². The Morgan fingerprint density at radius 2 is 1.78 bits per heavy atom. The molecular weight excluding hydrogens is 471 g/mol. The fourth-order valence-electron chi connectivity index (χ4n) is 5.43. The average Bonchev–Trinajstić information content (AvgIpc) is 3.23. The zero-order valence-electron chi connectivity index (χ0n) is 19.6. The van der Waals surface area contributed by atoms with E-state index in [9.17, 15) is 27.9 Å². The van der Waals surface area contributed by atoms with Crippen LogP contribution in [0.25, 0.3) is 22.0 Å². The first-order valence-electron chi connectivity index (χ1n) is 12.2. The van der Waals surface area contributed by atoms with Crippen molar-refractivity contribution in [3.8, 4) is 11.3 Å². The minimum atomic E-state index is -4.55. The van der Waals surface area contributed by atoms with Crippen LogP contribution in [-0.4, -0.2) is 53.2 Å². The largest absolute Gasteiger partial charge is 0.417 e. The first kappa shape index (κ1) is 24.5. The summed E-state index contributed by atoms with van der Waals surface area (Å²) in [5.41, 5.74) is -0.588. The van der Waals surface area contributed by atoms with E-state index in [1.165, 1.54) is 18.2 Å². The van der Waals surface area contributed by atoms with E-state index < -0.39 is 17.3 Å². The second-order valence-corrected chi connectivity index (χ2v) is 9.82. The lowest BCUT2D eigenvalue weighted by atomic mass is 9.92. The Labute approximate surface area is 206 Å². The highest BCUT2D eigenvalue weighted by molar-refractivity contribution is 5.90. The molecule has 1 unspecified atom stereocenters. The van der Waals surface area contributed by atoms with E-state index in [-0.39, 0.29) is 35.7 Å². The number of likely N-dealkylation sites (tertiary alicyclic amines) is 1. The summed E-state index contributed by atoms with van der Waals surface area (Å²) in [4.78, 5) is 30.6. The maximum absolute atomic E-state index is 13.5. The summed E-state index contributed by atoms with van der Waals surface area (Å²) in [5, 5.41) is 13.2. The van der Waals surface area contributed by atoms with E-state index in [0.29, 0.717) is 23.1 Å². The van der Waals surface area contributed by atoms with Gasteiger partial charge < -0.3 is 20.3 Å². The number of amides is 1. The van der Waals surface area contributed by atoms with Crippen molar-refractivity contribution in [2.75, 3.05) is 26.2 Å². The molecule has 2 atom stereocenters. The normalized spacial score (nSPS) is 21.7. The van der Waals surface area contributed by atoms with Gasteiger partial charge in [0.05, 0.1) is 11.5 Å². The van der Waals surface area contributed by atoms with Crippen LogP contribution in [0.3, 0.4) is 0 Å². The number of nitrogens with zero attached hydrogens (tertiary/aromatic N) is 1. The summed E-state index contributed by atoms with van der Waals surface area (Å²) >= 11 is 0. The van der Waals surface area contributed by atoms with Crippen LogP contribution >= 0.6 is 0 Å². The maximum Gasteiger partial charge on any atom is 0.417 e. The molecule has 190 valence electrons. The molecule has 9 heteroatoms. The third-order valence-electron chi connectivity index (χ3n) is 7.42. The number of aromatic amines is 1. The highest BCUT2D eigenvalue weighted by Crippen LogP contribution is 2.37. The molecule has 0 radical (unpaired) electrons. The molecule has 0 bridgehead atoms. The van der Waals surface area contributed by atoms with Crippen molar-refractivity contribution in [2.24, 2.45) is 5.92 Å². The molecule has 6 nitrogen and oxygen atoms in total. The molecule has 1 aromatic heterocycles. The molecule has 3 N–H and O–H groups in total. The van der Waals surface area contributed by atoms with Crippen molar-refractivity contribution < 1.29 is 23.1 Å². The lowest BCUT2D eigenvalue weighted by molar-refractivity contribution is -0.137. The number of rotatable bonds is 5. The molecule has 3 heterocycles. The van der Waals surface area contributed by atoms with Gasteiger partial charge in [-0.2, -0.15) is 13.2 Å². The number of H-pyrrole nitrogens is 1. The van der Waals surface area contributed by atoms with E-state index in [1.54, 1.807) is 24.3 Å². The number of piperidine rings is 1. The molecule has 2 aromatic carbocycles. The lowest BCUT2D eigenvalue weighted by Crippen LogP contribution is -2.43. The quantitative estimate of drug-likeness (QED) is 0.497. The van der Waals surface area contributed by atoms with Crippen molar-refractivity contribution in [3.63, 3.8) is 0 Å². The summed E-state index contributed by atoms with van der Waals surface area (Å²) in [6.45, 7) is 2.75. The fraction of sp³-hybridized carbons (Fsp3) is 0.407. The number of nitrogens with one attached hydrogen (secondary N) is 2. The maximum atomic E-state index is 13.5. The number of pyridine rings is 1. The smallest absolute Gasteiger partial charge is 0.396 e. The van der Waals surface area contributed by atoms with E-state index in [2.05, 4.69) is 15.2 Å². The summed E-state index contributed by atoms with van der Waals surface area (Å²) in [7, 11) is 0. The van der Waals surface area contributed by atoms with E-state index in [4.69, 9.17) is 0 Å². The first-order valence-corrected chi connectivity index (χ1v) is 12.2. The molecule has 5 rings (SSSR count). The third-order valence-corrected chi connectivity index (χ3v) is 7.42. The Morgan fingerprint density at radius 3 is 2.50 bits per heavy atom. The molecule has 0 spiro atoms. The number of hydrogen-bond donors (Lipinski definition) is 3. The Balaban J connectivity index is 1.37. The van der Waals surface area contributed by atoms with Crippen LogP contribution in [0.5, 0.6) is 0 Å². The minimum absolute atomic E-state index is 0.00315. The molecule has 2 saturated heterocycles. The van der Waals surface area contributed by atoms with E-state index in [1.807, 2.05) is 0 Å². The van der Waals surface area contributed by atoms with Crippen LogP contribution in [0.1, 0.15) is 36.3 Å². The van der Waals surface area contributed by atoms with Crippen molar-refractivity contribution in [2.45, 2.75) is 37.4 Å². The molecule has 1 amide bonds. The summed E-state index contributed by atoms with van der Waals surface area (Å²) < 4.78 is 40.4. The van der Waals surface area contributed by atoms with E-state index >= 15 is 0 Å². The van der Waals surface area contributed by atoms with Crippen LogP contribution in [0.15, 0.2) is 53.3 Å². The number of aliphatic hydroxyl groups is 1. The number of carbonyl (C=O) groups is 1. The number of carbonyl (C=O) groups excluding carboxylic acids is 1. The van der Waals surface area contributed by atoms with Gasteiger partial charge in [0, 0.05) is 35.8 Å². The monoisotopic (exact) mass is 499 g/mol. The van der Waals surface area contributed by atoms with Gasteiger partial charge in [-0.05, 0) is 67.4 Å². The van der Waals surface area contributed by atoms with Gasteiger partial charge in [-0.25, -0.2) is 0 Å². The summed E-state index contributed by atoms with van der Waals surface area (Å²) in [6.07, 6.45) is -2.04. The van der Waals surface area contributed by atoms with Crippen molar-refractivity contribution in [3.05, 3.63) is 70.0 Å². The van der Waals surface area contributed by atoms with Crippen LogP contribution < -0.4 is 10.9 Å². The predicted octanol–water partition coefficient (Wildman–Crippen LogP) is 3.89. The number of aliphatic hydroxyl groups excluding tert-OH is 1. The second kappa shape index (κ2) is 9.71. The van der Waals surface area contributed by atoms with Crippen LogP contribution in [0, 0.1) is 5.92 Å². The molecule has 2 aliphatic rings. The Hall–Kier alpha value is -3.17. The number of benzene rings is 2. The minimum Gasteiger partial charge on any atom is -0.396 e. The Bertz CT molecular complexity index is 1330. The number of alkyl halides is 3. The third kappa shape index (κ3) is 4.90. The molecule has 2 fully saturated rings. The average molecular weight is 500 g/mol. The molecule has 0 saturated carbocycles. The molecule has 0 aliphatic carbocycles. The first-order chi connectivity index (χ1) is 17.2. The highest BCUT2D eigenvalue weighted by Gasteiger charge is 2.35. The van der Waals surface area contributed by atoms with Gasteiger partial charge in [0.1, 0.15) is 0 Å². The van der Waals surface area contributed by atoms with Crippen LogP contribution in [-0.2, 0) is 11.0 Å². The molecule has 36 heavy (non-hydrogen) atoms. The van der Waals surface area contributed by atoms with Crippen molar-refractivity contribution in [1.29, 1.82) is 0 Å². The van der Waals surface area contributed by atoms with Gasteiger partial charge in [0.2, 0.25) is 5.91 Å². The van der Waals surface area contributed by atoms with Gasteiger partial charge in [-0.3, -0.25) is 9.59 Å². The number of aromatic nitrogens is 1. The number of halogens is 3. The zero-order valence-corrected chi connectivity index (χ0v) is 19.6. The van der Waals surface area contributed by atoms with E-state index in [0.717, 1.165) is 44.1 Å². The summed E-state index contributed by atoms with van der Waals surface area (Å²) in [6, 6.07) is 11.8. The fourth-order valence-corrected chi connectivity index (χ4v) is 5.43. The number of hydrogen-bond acceptors (Lipinski definition) is 4. The van der Waals surface area contributed by atoms with Gasteiger partial charge in [0.25, 0.3) is 5.56 Å². The lowest BCUT2D eigenvalue weighted by Gasteiger charge is -2.32. The van der Waals surface area contributed by atoms with Gasteiger partial charge in [-0.1, -0.05) is 30.3 Å². The topological polar surface area (TPSA) is 85.4 Å². The number of fused-ring (bicyclic) bond motifs is 1. The van der Waals surface area contributed by atoms with Gasteiger partial charge in [-0.15, -0.1) is 0 Å². The molecular formula is C27H28F3N3O3. The van der Waals surface area contributed by atoms with Crippen LogP contribution in [0.4, 0.5) is 13.2 Å². The van der Waals surface area contributed by atoms with Crippen LogP contribution in [0.2, 0.25) is 0 Å². The van der Waals surface area contributed by atoms with Crippen molar-refractivity contribution in [1.82, 2.24) is 15.2 Å². The SMILES string of the molecule is O=C1NC(CN2CCC(CO)CC2)C[C@H]1c1ccc2cc(-c3ccccc3C(F)(F)F)[nH]c(=O)c2c1. The predicted molar refractivity (Wildman–Crippen MR) is 131 cm³/mol. The highest BCUT2D eigenvalue weighted by atomic mass is 19.4. The standard InChI is InChI=1S/C27H28F3N3O3/c28-27(29,30)23-4-2-1-3-20(23)24-12-18-6-5-17(11-21(18)26(36)32-24)22-13-19(31-25(22)35)14-33-9-7-16(15-34)8-10-33/h1-6,11-12,16,19,22,34H,7-10,13-15H2,(H,31,35)(H,32,36)/t19?,22-/m0/s1. The zero-order chi connectivity index (χ0) is 25.4. The Morgan fingerprint density at radius 1 is 1.03 bits per heavy atom. The molecule has 3 aromatic rings. The van der Waals surface area contributed by atoms with Crippen molar-refractivity contribution >= 4 is 16.7 Å². The summed E-state index contributed by atoms with van der Waals surface area (Å²) in [5.74, 6) is -0.124. The second-order valence-electron chi connectivity index (χ2n) is 9.82. The Kier molecular flexibility index (Phi) is 6.61. The van der Waals surface area contributed by atoms with Gasteiger partial charge in [0.15, 0.2) is 0 Å².